The largest absolute Gasteiger partial charge is 0.478 e. The molecule has 0 fully saturated rings. The Kier molecular flexibility index (Phi) is 3.60. The van der Waals surface area contributed by atoms with Gasteiger partial charge in [0, 0.05) is 18.8 Å². The molecule has 0 aliphatic rings. The van der Waals surface area contributed by atoms with Gasteiger partial charge in [-0.15, -0.1) is 0 Å². The van der Waals surface area contributed by atoms with Crippen LogP contribution < -0.4 is 4.90 Å². The number of carbonyl (C=O) groups is 1. The molecule has 1 heterocycles. The van der Waals surface area contributed by atoms with Gasteiger partial charge in [0.2, 0.25) is 0 Å². The molecule has 0 aliphatic carbocycles. The zero-order valence-electron chi connectivity index (χ0n) is 10.6. The molecule has 1 aromatic carbocycles. The van der Waals surface area contributed by atoms with E-state index in [-0.39, 0.29) is 11.4 Å². The van der Waals surface area contributed by atoms with E-state index in [1.165, 1.54) is 24.4 Å². The highest BCUT2D eigenvalue weighted by Crippen LogP contribution is 2.24. The van der Waals surface area contributed by atoms with Crippen LogP contribution in [0.25, 0.3) is 0 Å². The summed E-state index contributed by atoms with van der Waals surface area (Å²) in [6.45, 7) is 0. The minimum atomic E-state index is -0.990. The van der Waals surface area contributed by atoms with Crippen LogP contribution in [0.1, 0.15) is 10.4 Å². The van der Waals surface area contributed by atoms with Crippen molar-refractivity contribution >= 4 is 23.2 Å². The molecular formula is C13H11N3O4. The van der Waals surface area contributed by atoms with Gasteiger partial charge in [0.1, 0.15) is 0 Å². The molecular weight excluding hydrogens is 262 g/mol. The van der Waals surface area contributed by atoms with Gasteiger partial charge in [-0.1, -0.05) is 0 Å². The molecule has 0 unspecified atom stereocenters. The van der Waals surface area contributed by atoms with Gasteiger partial charge in [-0.25, -0.2) is 4.79 Å². The van der Waals surface area contributed by atoms with Gasteiger partial charge >= 0.3 is 11.8 Å². The van der Waals surface area contributed by atoms with Crippen LogP contribution in [0.4, 0.5) is 17.2 Å². The molecule has 0 saturated heterocycles. The number of aromatic carboxylic acids is 1. The first-order chi connectivity index (χ1) is 9.49. The molecule has 0 bridgehead atoms. The maximum absolute atomic E-state index is 10.8. The quantitative estimate of drug-likeness (QED) is 0.678. The van der Waals surface area contributed by atoms with Crippen molar-refractivity contribution in [3.63, 3.8) is 0 Å². The topological polar surface area (TPSA) is 96.6 Å². The average Bonchev–Trinajstić information content (AvgIpc) is 2.46. The van der Waals surface area contributed by atoms with E-state index in [4.69, 9.17) is 5.11 Å². The zero-order chi connectivity index (χ0) is 14.7. The Morgan fingerprint density at radius 3 is 2.25 bits per heavy atom. The fourth-order valence-corrected chi connectivity index (χ4v) is 1.66. The summed E-state index contributed by atoms with van der Waals surface area (Å²) in [4.78, 5) is 26.2. The third-order valence-corrected chi connectivity index (χ3v) is 2.81. The van der Waals surface area contributed by atoms with Crippen molar-refractivity contribution in [2.24, 2.45) is 0 Å². The van der Waals surface area contributed by atoms with Crippen LogP contribution in [0.2, 0.25) is 0 Å². The number of nitrogens with zero attached hydrogens (tertiary/aromatic N) is 3. The fraction of sp³-hybridized carbons (Fsp3) is 0.0769. The van der Waals surface area contributed by atoms with Crippen LogP contribution in [0.15, 0.2) is 42.6 Å². The lowest BCUT2D eigenvalue weighted by Crippen LogP contribution is -2.10. The van der Waals surface area contributed by atoms with Gasteiger partial charge in [0.25, 0.3) is 0 Å². The number of nitro groups is 1. The second kappa shape index (κ2) is 5.35. The number of hydrogen-bond acceptors (Lipinski definition) is 5. The molecule has 7 nitrogen and oxygen atoms in total. The Balaban J connectivity index is 2.24. The summed E-state index contributed by atoms with van der Waals surface area (Å²) in [6, 6.07) is 9.20. The van der Waals surface area contributed by atoms with E-state index in [1.807, 2.05) is 0 Å². The Hall–Kier alpha value is -2.96. The predicted molar refractivity (Wildman–Crippen MR) is 72.4 cm³/mol. The SMILES string of the molecule is CN(c1ccc(C(=O)O)cc1)c1ccc([N+](=O)[O-])nc1. The summed E-state index contributed by atoms with van der Waals surface area (Å²) in [5, 5.41) is 19.4. The molecule has 0 spiro atoms. The number of hydrogen-bond donors (Lipinski definition) is 1. The van der Waals surface area contributed by atoms with Gasteiger partial charge in [0.05, 0.1) is 11.3 Å². The number of aromatic nitrogens is 1. The van der Waals surface area contributed by atoms with E-state index >= 15 is 0 Å². The van der Waals surface area contributed by atoms with E-state index in [0.29, 0.717) is 5.69 Å². The zero-order valence-corrected chi connectivity index (χ0v) is 10.6. The molecule has 102 valence electrons. The van der Waals surface area contributed by atoms with Gasteiger partial charge in [0.15, 0.2) is 6.20 Å². The molecule has 7 heteroatoms. The number of carboxylic acid groups (broad SMARTS) is 1. The minimum Gasteiger partial charge on any atom is -0.478 e. The standard InChI is InChI=1S/C13H11N3O4/c1-15(10-4-2-9(3-5-10)13(17)18)11-6-7-12(14-8-11)16(19)20/h2-8H,1H3,(H,17,18). The Morgan fingerprint density at radius 1 is 1.20 bits per heavy atom. The highest BCUT2D eigenvalue weighted by atomic mass is 16.6. The summed E-state index contributed by atoms with van der Waals surface area (Å²) in [7, 11) is 1.76. The first kappa shape index (κ1) is 13.5. The summed E-state index contributed by atoms with van der Waals surface area (Å²) in [6.07, 6.45) is 1.39. The van der Waals surface area contributed by atoms with Gasteiger partial charge in [-0.3, -0.25) is 0 Å². The molecule has 0 amide bonds. The lowest BCUT2D eigenvalue weighted by atomic mass is 10.2. The second-order valence-corrected chi connectivity index (χ2v) is 4.04. The number of anilines is 2. The van der Waals surface area contributed by atoms with Gasteiger partial charge in [-0.2, -0.15) is 0 Å². The number of pyridine rings is 1. The Morgan fingerprint density at radius 2 is 1.80 bits per heavy atom. The van der Waals surface area contributed by atoms with Crippen molar-refractivity contribution in [2.75, 3.05) is 11.9 Å². The molecule has 0 atom stereocenters. The van der Waals surface area contributed by atoms with Gasteiger partial charge < -0.3 is 20.1 Å². The molecule has 1 N–H and O–H groups in total. The Bertz CT molecular complexity index is 580. The van der Waals surface area contributed by atoms with E-state index in [2.05, 4.69) is 4.98 Å². The third-order valence-electron chi connectivity index (χ3n) is 2.81. The maximum atomic E-state index is 10.8. The van der Waals surface area contributed by atoms with Crippen LogP contribution in [-0.4, -0.2) is 28.0 Å². The highest BCUT2D eigenvalue weighted by molar-refractivity contribution is 5.88. The second-order valence-electron chi connectivity index (χ2n) is 4.04. The van der Waals surface area contributed by atoms with E-state index < -0.39 is 10.9 Å². The lowest BCUT2D eigenvalue weighted by molar-refractivity contribution is -0.389. The van der Waals surface area contributed by atoms with Crippen LogP contribution in [0, 0.1) is 10.1 Å². The smallest absolute Gasteiger partial charge is 0.363 e. The fourth-order valence-electron chi connectivity index (χ4n) is 1.66. The summed E-state index contributed by atoms with van der Waals surface area (Å²) in [5.41, 5.74) is 1.62. The first-order valence-corrected chi connectivity index (χ1v) is 5.66. The lowest BCUT2D eigenvalue weighted by Gasteiger charge is -2.17. The van der Waals surface area contributed by atoms with Gasteiger partial charge in [-0.05, 0) is 40.2 Å². The van der Waals surface area contributed by atoms with E-state index in [1.54, 1.807) is 30.1 Å². The van der Waals surface area contributed by atoms with Crippen LogP contribution in [-0.2, 0) is 0 Å². The monoisotopic (exact) mass is 273 g/mol. The summed E-state index contributed by atoms with van der Waals surface area (Å²) in [5.74, 6) is -1.21. The van der Waals surface area contributed by atoms with Crippen molar-refractivity contribution in [2.45, 2.75) is 0 Å². The summed E-state index contributed by atoms with van der Waals surface area (Å²) >= 11 is 0. The van der Waals surface area contributed by atoms with E-state index in [0.717, 1.165) is 5.69 Å². The summed E-state index contributed by atoms with van der Waals surface area (Å²) < 4.78 is 0. The van der Waals surface area contributed by atoms with E-state index in [9.17, 15) is 14.9 Å². The molecule has 0 saturated carbocycles. The van der Waals surface area contributed by atoms with Crippen molar-refractivity contribution in [3.8, 4) is 0 Å². The predicted octanol–water partition coefficient (Wildman–Crippen LogP) is 2.46. The van der Waals surface area contributed by atoms with Crippen molar-refractivity contribution in [3.05, 3.63) is 58.3 Å². The maximum Gasteiger partial charge on any atom is 0.363 e. The number of carboxylic acids is 1. The number of benzene rings is 1. The normalized spacial score (nSPS) is 10.1. The minimum absolute atomic E-state index is 0.198. The van der Waals surface area contributed by atoms with Crippen molar-refractivity contribution in [1.82, 2.24) is 4.98 Å². The van der Waals surface area contributed by atoms with Crippen LogP contribution in [0.3, 0.4) is 0 Å². The highest BCUT2D eigenvalue weighted by Gasteiger charge is 2.11. The first-order valence-electron chi connectivity index (χ1n) is 5.66. The third kappa shape index (κ3) is 2.72. The Labute approximate surface area is 114 Å². The molecule has 2 rings (SSSR count). The van der Waals surface area contributed by atoms with Crippen molar-refractivity contribution < 1.29 is 14.8 Å². The van der Waals surface area contributed by atoms with Crippen LogP contribution >= 0.6 is 0 Å². The van der Waals surface area contributed by atoms with Crippen LogP contribution in [0.5, 0.6) is 0 Å². The molecule has 20 heavy (non-hydrogen) atoms. The van der Waals surface area contributed by atoms with Crippen molar-refractivity contribution in [1.29, 1.82) is 0 Å². The molecule has 0 radical (unpaired) electrons. The molecule has 1 aromatic heterocycles. The molecule has 0 aliphatic heterocycles. The number of rotatable bonds is 4. The average molecular weight is 273 g/mol. The molecule has 2 aromatic rings.